The number of carbonyl (C=O) groups excluding carboxylic acids is 2. The quantitative estimate of drug-likeness (QED) is 0.224. The average Bonchev–Trinajstić information content (AvgIpc) is 2.86. The molecule has 0 bridgehead atoms. The molecule has 3 rings (SSSR count). The van der Waals surface area contributed by atoms with Crippen LogP contribution in [0.4, 0.5) is 4.79 Å². The van der Waals surface area contributed by atoms with E-state index in [0.717, 1.165) is 10.4 Å². The van der Waals surface area contributed by atoms with Gasteiger partial charge in [0.2, 0.25) is 0 Å². The van der Waals surface area contributed by atoms with Gasteiger partial charge in [-0.1, -0.05) is 81.4 Å². The fraction of sp³-hybridized carbons (Fsp3) is 0.484. The number of carbonyl (C=O) groups is 2. The highest BCUT2D eigenvalue weighted by Crippen LogP contribution is 2.42. The molecule has 2 atom stereocenters. The molecule has 0 unspecified atom stereocenters. The summed E-state index contributed by atoms with van der Waals surface area (Å²) < 4.78 is 30.5. The van der Waals surface area contributed by atoms with E-state index in [1.807, 2.05) is 36.4 Å². The van der Waals surface area contributed by atoms with Crippen molar-refractivity contribution in [2.24, 2.45) is 0 Å². The van der Waals surface area contributed by atoms with Gasteiger partial charge in [0.15, 0.2) is 11.5 Å². The topological polar surface area (TPSA) is 92.3 Å². The molecule has 0 spiro atoms. The van der Waals surface area contributed by atoms with Crippen LogP contribution in [-0.4, -0.2) is 57.3 Å². The molecule has 0 aromatic heterocycles. The van der Waals surface area contributed by atoms with Crippen LogP contribution in [0, 0.1) is 0 Å². The van der Waals surface area contributed by atoms with Crippen molar-refractivity contribution in [2.75, 3.05) is 13.7 Å². The summed E-state index contributed by atoms with van der Waals surface area (Å²) in [7, 11) is -1.97. The summed E-state index contributed by atoms with van der Waals surface area (Å²) in [5, 5.41) is 4.55. The normalized spacial score (nSPS) is 21.6. The Morgan fingerprint density at radius 1 is 0.950 bits per heavy atom. The molecule has 1 aliphatic heterocycles. The van der Waals surface area contributed by atoms with Crippen LogP contribution in [0.15, 0.2) is 72.8 Å². The summed E-state index contributed by atoms with van der Waals surface area (Å²) in [6, 6.07) is 20.1. The molecule has 0 saturated carbocycles. The molecule has 1 saturated heterocycles. The first kappa shape index (κ1) is 31.5. The van der Waals surface area contributed by atoms with E-state index in [2.05, 4.69) is 50.4 Å². The van der Waals surface area contributed by atoms with Gasteiger partial charge in [0.05, 0.1) is 7.11 Å². The van der Waals surface area contributed by atoms with Gasteiger partial charge in [-0.3, -0.25) is 5.32 Å². The third kappa shape index (κ3) is 7.20. The maximum atomic E-state index is 13.4. The number of ether oxygens (including phenoxy) is 4. The SMILES string of the molecule is COC(=O)/C=C\[C@H]1OC(C)(C)OC[C@@]1(NC(=O)OC(C)(C)C)O[Si](c1ccccc1)(c1ccccc1)C(C)(C)C. The zero-order valence-electron chi connectivity index (χ0n) is 25.1. The molecule has 1 fully saturated rings. The Labute approximate surface area is 239 Å². The Morgan fingerprint density at radius 2 is 1.48 bits per heavy atom. The van der Waals surface area contributed by atoms with Gasteiger partial charge in [-0.05, 0) is 56.1 Å². The predicted molar refractivity (Wildman–Crippen MR) is 157 cm³/mol. The van der Waals surface area contributed by atoms with Gasteiger partial charge in [-0.2, -0.15) is 0 Å². The van der Waals surface area contributed by atoms with Crippen molar-refractivity contribution >= 4 is 30.8 Å². The molecule has 40 heavy (non-hydrogen) atoms. The number of benzene rings is 2. The number of hydrogen-bond donors (Lipinski definition) is 1. The zero-order chi connectivity index (χ0) is 29.8. The van der Waals surface area contributed by atoms with E-state index in [4.69, 9.17) is 23.4 Å². The number of nitrogens with one attached hydrogen (secondary N) is 1. The van der Waals surface area contributed by atoms with Crippen LogP contribution < -0.4 is 15.7 Å². The lowest BCUT2D eigenvalue weighted by Crippen LogP contribution is -2.77. The number of rotatable bonds is 7. The van der Waals surface area contributed by atoms with Gasteiger partial charge < -0.3 is 23.4 Å². The highest BCUT2D eigenvalue weighted by atomic mass is 28.4. The van der Waals surface area contributed by atoms with Gasteiger partial charge in [-0.15, -0.1) is 0 Å². The van der Waals surface area contributed by atoms with Crippen LogP contribution in [0.1, 0.15) is 55.4 Å². The minimum Gasteiger partial charge on any atom is -0.466 e. The fourth-order valence-corrected chi connectivity index (χ4v) is 9.55. The van der Waals surface area contributed by atoms with Crippen LogP contribution >= 0.6 is 0 Å². The molecule has 218 valence electrons. The lowest BCUT2D eigenvalue weighted by atomic mass is 10.0. The Morgan fingerprint density at radius 3 is 1.93 bits per heavy atom. The van der Waals surface area contributed by atoms with E-state index in [9.17, 15) is 9.59 Å². The monoisotopic (exact) mass is 569 g/mol. The van der Waals surface area contributed by atoms with E-state index in [1.165, 1.54) is 13.2 Å². The van der Waals surface area contributed by atoms with Crippen molar-refractivity contribution in [3.05, 3.63) is 72.8 Å². The minimum atomic E-state index is -3.27. The number of alkyl carbamates (subject to hydrolysis) is 1. The second-order valence-electron chi connectivity index (χ2n) is 12.4. The standard InChI is InChI=1S/C31H43NO7Si/c1-28(2,3)38-27(34)32-31(22-36-30(7,8)37-25(31)20-21-26(33)35-9)39-40(29(4,5)6,23-16-12-10-13-17-23)24-18-14-11-15-19-24/h10-21,25H,22H2,1-9H3,(H,32,34)/b21-20-/t25-,31-/m1/s1. The smallest absolute Gasteiger partial charge is 0.410 e. The van der Waals surface area contributed by atoms with Crippen LogP contribution in [0.5, 0.6) is 0 Å². The molecule has 2 aromatic carbocycles. The van der Waals surface area contributed by atoms with E-state index in [1.54, 1.807) is 40.7 Å². The Balaban J connectivity index is 2.31. The number of hydrogen-bond acceptors (Lipinski definition) is 7. The molecule has 8 nitrogen and oxygen atoms in total. The van der Waals surface area contributed by atoms with E-state index in [-0.39, 0.29) is 6.61 Å². The number of methoxy groups -OCH3 is 1. The van der Waals surface area contributed by atoms with Crippen molar-refractivity contribution < 1.29 is 33.0 Å². The Hall–Kier alpha value is -2.98. The van der Waals surface area contributed by atoms with Crippen molar-refractivity contribution in [1.82, 2.24) is 5.32 Å². The molecule has 1 amide bonds. The van der Waals surface area contributed by atoms with Gasteiger partial charge >= 0.3 is 12.1 Å². The second-order valence-corrected chi connectivity index (χ2v) is 16.6. The largest absolute Gasteiger partial charge is 0.466 e. The van der Waals surface area contributed by atoms with E-state index >= 15 is 0 Å². The van der Waals surface area contributed by atoms with Gasteiger partial charge in [-0.25, -0.2) is 9.59 Å². The van der Waals surface area contributed by atoms with Crippen molar-refractivity contribution in [2.45, 2.75) is 83.6 Å². The highest BCUT2D eigenvalue weighted by molar-refractivity contribution is 6.99. The van der Waals surface area contributed by atoms with Crippen molar-refractivity contribution in [1.29, 1.82) is 0 Å². The van der Waals surface area contributed by atoms with Crippen LogP contribution in [-0.2, 0) is 28.2 Å². The van der Waals surface area contributed by atoms with Gasteiger partial charge in [0.25, 0.3) is 8.32 Å². The Kier molecular flexibility index (Phi) is 9.35. The summed E-state index contributed by atoms with van der Waals surface area (Å²) >= 11 is 0. The van der Waals surface area contributed by atoms with Gasteiger partial charge in [0.1, 0.15) is 18.3 Å². The summed E-state index contributed by atoms with van der Waals surface area (Å²) in [5.74, 6) is -1.59. The molecule has 2 aromatic rings. The molecular weight excluding hydrogens is 526 g/mol. The molecule has 9 heteroatoms. The first-order valence-electron chi connectivity index (χ1n) is 13.4. The van der Waals surface area contributed by atoms with Crippen LogP contribution in [0.3, 0.4) is 0 Å². The zero-order valence-corrected chi connectivity index (χ0v) is 26.1. The third-order valence-corrected chi connectivity index (χ3v) is 11.7. The fourth-order valence-electron chi connectivity index (χ4n) is 4.85. The minimum absolute atomic E-state index is 0.0695. The second kappa shape index (κ2) is 11.9. The van der Waals surface area contributed by atoms with Crippen LogP contribution in [0.25, 0.3) is 0 Å². The van der Waals surface area contributed by atoms with Crippen LogP contribution in [0.2, 0.25) is 5.04 Å². The lowest BCUT2D eigenvalue weighted by molar-refractivity contribution is -0.323. The average molecular weight is 570 g/mol. The summed E-state index contributed by atoms with van der Waals surface area (Å²) in [6.45, 7) is 15.2. The van der Waals surface area contributed by atoms with Gasteiger partial charge in [0, 0.05) is 6.08 Å². The number of amides is 1. The molecule has 1 heterocycles. The first-order valence-corrected chi connectivity index (χ1v) is 15.3. The van der Waals surface area contributed by atoms with E-state index < -0.39 is 48.6 Å². The summed E-state index contributed by atoms with van der Waals surface area (Å²) in [5.41, 5.74) is -2.34. The highest BCUT2D eigenvalue weighted by Gasteiger charge is 2.59. The van der Waals surface area contributed by atoms with E-state index in [0.29, 0.717) is 0 Å². The van der Waals surface area contributed by atoms with Crippen molar-refractivity contribution in [3.8, 4) is 0 Å². The Bertz CT molecular complexity index is 1150. The summed E-state index contributed by atoms with van der Waals surface area (Å²) in [4.78, 5) is 25.6. The van der Waals surface area contributed by atoms with Crippen molar-refractivity contribution in [3.63, 3.8) is 0 Å². The molecule has 0 aliphatic carbocycles. The maximum absolute atomic E-state index is 13.4. The molecule has 1 aliphatic rings. The third-order valence-electron chi connectivity index (χ3n) is 6.58. The first-order chi connectivity index (χ1) is 18.5. The molecule has 0 radical (unpaired) electrons. The lowest BCUT2D eigenvalue weighted by Gasteiger charge is -2.54. The summed E-state index contributed by atoms with van der Waals surface area (Å²) in [6.07, 6.45) is 1.18. The number of esters is 1. The molecule has 1 N–H and O–H groups in total. The molecular formula is C31H43NO7Si. The predicted octanol–water partition coefficient (Wildman–Crippen LogP) is 4.66. The maximum Gasteiger partial charge on any atom is 0.410 e.